The number of nitrogens with one attached hydrogen (secondary N) is 1. The molecule has 0 fully saturated rings. The molecule has 0 aliphatic rings. The van der Waals surface area contributed by atoms with Crippen molar-refractivity contribution >= 4 is 17.7 Å². The largest absolute Gasteiger partial charge is 0.497 e. The molecule has 2 N–H and O–H groups in total. The molecule has 0 atom stereocenters. The van der Waals surface area contributed by atoms with Crippen LogP contribution in [0.5, 0.6) is 11.5 Å². The molecule has 0 spiro atoms. The van der Waals surface area contributed by atoms with E-state index in [2.05, 4.69) is 12.2 Å². The maximum atomic E-state index is 12.1. The molecule has 0 aromatic heterocycles. The van der Waals surface area contributed by atoms with E-state index in [1.54, 1.807) is 18.2 Å². The first-order chi connectivity index (χ1) is 11.0. The number of aliphatic carboxylic acids is 1. The lowest BCUT2D eigenvalue weighted by Crippen LogP contribution is -2.33. The first-order valence-electron chi connectivity index (χ1n) is 7.52. The number of unbranched alkanes of at least 4 members (excludes halogenated alkanes) is 1. The summed E-state index contributed by atoms with van der Waals surface area (Å²) in [6, 6.07) is 4.76. The fourth-order valence-corrected chi connectivity index (χ4v) is 1.76. The highest BCUT2D eigenvalue weighted by molar-refractivity contribution is 5.91. The Bertz CT molecular complexity index is 533. The lowest BCUT2D eigenvalue weighted by atomic mass is 10.2. The Morgan fingerprint density at radius 1 is 1.35 bits per heavy atom. The van der Waals surface area contributed by atoms with Crippen LogP contribution in [0.2, 0.25) is 0 Å². The molecule has 0 saturated heterocycles. The van der Waals surface area contributed by atoms with Crippen molar-refractivity contribution in [3.05, 3.63) is 18.2 Å². The highest BCUT2D eigenvalue weighted by atomic mass is 16.5. The summed E-state index contributed by atoms with van der Waals surface area (Å²) in [6.07, 6.45) is 1.82. The van der Waals surface area contributed by atoms with Gasteiger partial charge in [0.05, 0.1) is 25.8 Å². The van der Waals surface area contributed by atoms with Gasteiger partial charge in [-0.25, -0.2) is 4.79 Å². The SMILES string of the molecule is CCCCOc1ccc(OC)cc1NC(=O)N(C)CCC(=O)O. The van der Waals surface area contributed by atoms with Crippen LogP contribution in [0.4, 0.5) is 10.5 Å². The zero-order valence-electron chi connectivity index (χ0n) is 13.8. The predicted octanol–water partition coefficient (Wildman–Crippen LogP) is 2.81. The second-order valence-corrected chi connectivity index (χ2v) is 5.06. The van der Waals surface area contributed by atoms with Crippen LogP contribution in [0.25, 0.3) is 0 Å². The molecule has 7 heteroatoms. The highest BCUT2D eigenvalue weighted by Crippen LogP contribution is 2.29. The average Bonchev–Trinajstić information content (AvgIpc) is 2.53. The molecule has 0 unspecified atom stereocenters. The minimum Gasteiger partial charge on any atom is -0.497 e. The Morgan fingerprint density at radius 2 is 2.09 bits per heavy atom. The van der Waals surface area contributed by atoms with Gasteiger partial charge in [-0.2, -0.15) is 0 Å². The standard InChI is InChI=1S/C16H24N2O5/c1-4-5-10-23-14-7-6-12(22-3)11-13(14)17-16(21)18(2)9-8-15(19)20/h6-7,11H,4-5,8-10H2,1-3H3,(H,17,21)(H,19,20). The van der Waals surface area contributed by atoms with E-state index in [4.69, 9.17) is 14.6 Å². The van der Waals surface area contributed by atoms with Gasteiger partial charge in [-0.3, -0.25) is 4.79 Å². The molecule has 128 valence electrons. The van der Waals surface area contributed by atoms with Gasteiger partial charge in [0.1, 0.15) is 11.5 Å². The fraction of sp³-hybridized carbons (Fsp3) is 0.500. The topological polar surface area (TPSA) is 88.1 Å². The molecular formula is C16H24N2O5. The molecular weight excluding hydrogens is 300 g/mol. The molecule has 0 heterocycles. The fourth-order valence-electron chi connectivity index (χ4n) is 1.76. The third-order valence-corrected chi connectivity index (χ3v) is 3.19. The first-order valence-corrected chi connectivity index (χ1v) is 7.52. The van der Waals surface area contributed by atoms with Gasteiger partial charge in [0.15, 0.2) is 0 Å². The number of rotatable bonds is 9. The van der Waals surface area contributed by atoms with Crippen LogP contribution in [-0.4, -0.2) is 49.3 Å². The van der Waals surface area contributed by atoms with Gasteiger partial charge in [0, 0.05) is 19.7 Å². The van der Waals surface area contributed by atoms with Crippen LogP contribution < -0.4 is 14.8 Å². The van der Waals surface area contributed by atoms with Crippen LogP contribution in [0, 0.1) is 0 Å². The number of ether oxygens (including phenoxy) is 2. The van der Waals surface area contributed by atoms with Gasteiger partial charge >= 0.3 is 12.0 Å². The Balaban J connectivity index is 2.78. The summed E-state index contributed by atoms with van der Waals surface area (Å²) in [5, 5.41) is 11.4. The molecule has 0 bridgehead atoms. The Hall–Kier alpha value is -2.44. The summed E-state index contributed by atoms with van der Waals surface area (Å²) >= 11 is 0. The number of hydrogen-bond donors (Lipinski definition) is 2. The van der Waals surface area contributed by atoms with Crippen molar-refractivity contribution < 1.29 is 24.2 Å². The van der Waals surface area contributed by atoms with Gasteiger partial charge in [0.2, 0.25) is 0 Å². The van der Waals surface area contributed by atoms with E-state index in [0.717, 1.165) is 12.8 Å². The summed E-state index contributed by atoms with van der Waals surface area (Å²) in [7, 11) is 3.08. The van der Waals surface area contributed by atoms with Gasteiger partial charge in [-0.1, -0.05) is 13.3 Å². The number of carbonyl (C=O) groups is 2. The van der Waals surface area contributed by atoms with E-state index in [1.807, 2.05) is 0 Å². The molecule has 0 saturated carbocycles. The molecule has 0 aliphatic heterocycles. The number of carboxylic acid groups (broad SMARTS) is 1. The molecule has 7 nitrogen and oxygen atoms in total. The lowest BCUT2D eigenvalue weighted by molar-refractivity contribution is -0.137. The summed E-state index contributed by atoms with van der Waals surface area (Å²) in [5.41, 5.74) is 0.493. The zero-order chi connectivity index (χ0) is 17.2. The number of methoxy groups -OCH3 is 1. The zero-order valence-corrected chi connectivity index (χ0v) is 13.8. The summed E-state index contributed by atoms with van der Waals surface area (Å²) in [6.45, 7) is 2.75. The smallest absolute Gasteiger partial charge is 0.321 e. The van der Waals surface area contributed by atoms with Crippen molar-refractivity contribution in [2.24, 2.45) is 0 Å². The van der Waals surface area contributed by atoms with E-state index in [1.165, 1.54) is 19.1 Å². The van der Waals surface area contributed by atoms with E-state index < -0.39 is 12.0 Å². The maximum Gasteiger partial charge on any atom is 0.321 e. The summed E-state index contributed by atoms with van der Waals surface area (Å²) in [4.78, 5) is 24.0. The maximum absolute atomic E-state index is 12.1. The monoisotopic (exact) mass is 324 g/mol. The quantitative estimate of drug-likeness (QED) is 0.682. The number of carbonyl (C=O) groups excluding carboxylic acids is 1. The van der Waals surface area contributed by atoms with E-state index >= 15 is 0 Å². The van der Waals surface area contributed by atoms with Gasteiger partial charge in [-0.15, -0.1) is 0 Å². The summed E-state index contributed by atoms with van der Waals surface area (Å²) in [5.74, 6) is 0.199. The van der Waals surface area contributed by atoms with Crippen molar-refractivity contribution in [3.8, 4) is 11.5 Å². The first kappa shape index (κ1) is 18.6. The van der Waals surface area contributed by atoms with Crippen LogP contribution >= 0.6 is 0 Å². The highest BCUT2D eigenvalue weighted by Gasteiger charge is 2.14. The van der Waals surface area contributed by atoms with Gasteiger partial charge < -0.3 is 24.8 Å². The van der Waals surface area contributed by atoms with Crippen molar-refractivity contribution in [1.82, 2.24) is 4.90 Å². The number of urea groups is 1. The average molecular weight is 324 g/mol. The third-order valence-electron chi connectivity index (χ3n) is 3.19. The second-order valence-electron chi connectivity index (χ2n) is 5.06. The molecule has 0 radical (unpaired) electrons. The number of carboxylic acids is 1. The lowest BCUT2D eigenvalue weighted by Gasteiger charge is -2.19. The normalized spacial score (nSPS) is 10.0. The third kappa shape index (κ3) is 6.46. The van der Waals surface area contributed by atoms with Crippen LogP contribution in [0.3, 0.4) is 0 Å². The van der Waals surface area contributed by atoms with E-state index in [9.17, 15) is 9.59 Å². The van der Waals surface area contributed by atoms with Crippen LogP contribution in [0.15, 0.2) is 18.2 Å². The van der Waals surface area contributed by atoms with Gasteiger partial charge in [0.25, 0.3) is 0 Å². The second kappa shape index (κ2) is 9.55. The number of anilines is 1. The molecule has 0 aliphatic carbocycles. The Labute approximate surface area is 136 Å². The summed E-state index contributed by atoms with van der Waals surface area (Å²) < 4.78 is 10.8. The predicted molar refractivity (Wildman–Crippen MR) is 87.3 cm³/mol. The van der Waals surface area contributed by atoms with E-state index in [0.29, 0.717) is 23.8 Å². The molecule has 1 rings (SSSR count). The van der Waals surface area contributed by atoms with Crippen molar-refractivity contribution in [2.75, 3.05) is 32.6 Å². The van der Waals surface area contributed by atoms with Gasteiger partial charge in [-0.05, 0) is 18.6 Å². The van der Waals surface area contributed by atoms with Crippen molar-refractivity contribution in [2.45, 2.75) is 26.2 Å². The molecule has 1 aromatic rings. The molecule has 1 aromatic carbocycles. The van der Waals surface area contributed by atoms with Crippen molar-refractivity contribution in [3.63, 3.8) is 0 Å². The molecule has 23 heavy (non-hydrogen) atoms. The van der Waals surface area contributed by atoms with Crippen LogP contribution in [0.1, 0.15) is 26.2 Å². The van der Waals surface area contributed by atoms with E-state index in [-0.39, 0.29) is 13.0 Å². The van der Waals surface area contributed by atoms with Crippen LogP contribution in [-0.2, 0) is 4.79 Å². The van der Waals surface area contributed by atoms with Crippen molar-refractivity contribution in [1.29, 1.82) is 0 Å². The Morgan fingerprint density at radius 3 is 2.70 bits per heavy atom. The minimum atomic E-state index is -0.949. The number of benzene rings is 1. The number of amides is 2. The Kier molecular flexibility index (Phi) is 7.73. The number of hydrogen-bond acceptors (Lipinski definition) is 4. The minimum absolute atomic E-state index is 0.109. The number of nitrogens with zero attached hydrogens (tertiary/aromatic N) is 1. The molecule has 2 amide bonds.